The number of unbranched alkanes of at least 4 members (excludes halogenated alkanes) is 16. The number of amides is 1. The minimum Gasteiger partial charge on any atom is -0.464 e. The SMILES string of the molecule is CCCCC/C=C\C/C=C\CCCCCCCC(=O)OCCN(CCOC(=O)CCCCCCC/C=C\C/C=C\CCCCC)C(=O)OCCN(C)C. The third kappa shape index (κ3) is 38.7. The van der Waals surface area contributed by atoms with Crippen LogP contribution in [-0.2, 0) is 23.8 Å². The molecule has 0 fully saturated rings. The summed E-state index contributed by atoms with van der Waals surface area (Å²) in [5.74, 6) is -0.499. The summed E-state index contributed by atoms with van der Waals surface area (Å²) in [7, 11) is 3.82. The largest absolute Gasteiger partial charge is 0.464 e. The second kappa shape index (κ2) is 40.3. The van der Waals surface area contributed by atoms with Crippen molar-refractivity contribution >= 4 is 18.0 Å². The van der Waals surface area contributed by atoms with Crippen molar-refractivity contribution in [1.82, 2.24) is 9.80 Å². The van der Waals surface area contributed by atoms with Gasteiger partial charge in [0.05, 0.1) is 13.1 Å². The molecule has 0 aromatic rings. The number of ether oxygens (including phenoxy) is 3. The second-order valence-corrected chi connectivity index (χ2v) is 14.3. The highest BCUT2D eigenvalue weighted by atomic mass is 16.6. The molecule has 0 saturated carbocycles. The molecule has 0 saturated heterocycles. The van der Waals surface area contributed by atoms with Crippen LogP contribution in [0.1, 0.15) is 168 Å². The van der Waals surface area contributed by atoms with Crippen molar-refractivity contribution in [2.75, 3.05) is 53.6 Å². The average molecular weight is 745 g/mol. The molecular formula is C45H80N2O6. The summed E-state index contributed by atoms with van der Waals surface area (Å²) in [6.45, 7) is 5.87. The molecule has 8 heteroatoms. The number of rotatable bonds is 37. The molecular weight excluding hydrogens is 665 g/mol. The Morgan fingerprint density at radius 1 is 0.434 bits per heavy atom. The Hall–Kier alpha value is -2.87. The van der Waals surface area contributed by atoms with Gasteiger partial charge in [-0.25, -0.2) is 4.79 Å². The van der Waals surface area contributed by atoms with E-state index in [9.17, 15) is 14.4 Å². The number of allylic oxidation sites excluding steroid dienone is 8. The molecule has 53 heavy (non-hydrogen) atoms. The van der Waals surface area contributed by atoms with Crippen molar-refractivity contribution in [3.8, 4) is 0 Å². The Labute approximate surface area is 325 Å². The van der Waals surface area contributed by atoms with Crippen LogP contribution in [0.5, 0.6) is 0 Å². The van der Waals surface area contributed by atoms with Gasteiger partial charge < -0.3 is 24.0 Å². The molecule has 0 aliphatic rings. The van der Waals surface area contributed by atoms with E-state index in [1.807, 2.05) is 19.0 Å². The van der Waals surface area contributed by atoms with E-state index >= 15 is 0 Å². The lowest BCUT2D eigenvalue weighted by atomic mass is 10.1. The first-order chi connectivity index (χ1) is 25.9. The summed E-state index contributed by atoms with van der Waals surface area (Å²) in [6, 6.07) is 0. The van der Waals surface area contributed by atoms with Gasteiger partial charge in [-0.15, -0.1) is 0 Å². The van der Waals surface area contributed by atoms with Crippen molar-refractivity contribution < 1.29 is 28.6 Å². The molecule has 8 nitrogen and oxygen atoms in total. The first-order valence-electron chi connectivity index (χ1n) is 21.4. The fraction of sp³-hybridized carbons (Fsp3) is 0.756. The lowest BCUT2D eigenvalue weighted by molar-refractivity contribution is -0.144. The zero-order valence-corrected chi connectivity index (χ0v) is 34.7. The van der Waals surface area contributed by atoms with E-state index in [0.29, 0.717) is 19.4 Å². The number of carbonyl (C=O) groups excluding carboxylic acids is 3. The summed E-state index contributed by atoms with van der Waals surface area (Å²) >= 11 is 0. The van der Waals surface area contributed by atoms with E-state index in [0.717, 1.165) is 77.0 Å². The fourth-order valence-electron chi connectivity index (χ4n) is 5.55. The molecule has 0 heterocycles. The molecule has 1 amide bonds. The van der Waals surface area contributed by atoms with Crippen LogP contribution >= 0.6 is 0 Å². The van der Waals surface area contributed by atoms with Crippen LogP contribution in [0.25, 0.3) is 0 Å². The highest BCUT2D eigenvalue weighted by Gasteiger charge is 2.17. The first-order valence-corrected chi connectivity index (χ1v) is 21.4. The van der Waals surface area contributed by atoms with Gasteiger partial charge in [0.25, 0.3) is 0 Å². The van der Waals surface area contributed by atoms with Crippen LogP contribution < -0.4 is 0 Å². The second-order valence-electron chi connectivity index (χ2n) is 14.3. The monoisotopic (exact) mass is 745 g/mol. The lowest BCUT2D eigenvalue weighted by Gasteiger charge is -2.22. The van der Waals surface area contributed by atoms with Crippen LogP contribution in [-0.4, -0.2) is 81.4 Å². The summed E-state index contributed by atoms with van der Waals surface area (Å²) in [4.78, 5) is 40.7. The van der Waals surface area contributed by atoms with E-state index in [2.05, 4.69) is 62.5 Å². The predicted octanol–water partition coefficient (Wildman–Crippen LogP) is 11.7. The van der Waals surface area contributed by atoms with Gasteiger partial charge in [0, 0.05) is 19.4 Å². The quantitative estimate of drug-likeness (QED) is 0.0271. The molecule has 0 bridgehead atoms. The Kier molecular flexibility index (Phi) is 38.1. The van der Waals surface area contributed by atoms with Crippen molar-refractivity contribution in [3.63, 3.8) is 0 Å². The zero-order chi connectivity index (χ0) is 38.9. The Balaban J connectivity index is 4.11. The van der Waals surface area contributed by atoms with Gasteiger partial charge in [-0.05, 0) is 91.1 Å². The van der Waals surface area contributed by atoms with Crippen LogP contribution in [0.2, 0.25) is 0 Å². The van der Waals surface area contributed by atoms with Crippen LogP contribution in [0.4, 0.5) is 4.79 Å². The molecule has 0 aromatic carbocycles. The maximum Gasteiger partial charge on any atom is 0.410 e. The average Bonchev–Trinajstić information content (AvgIpc) is 3.14. The van der Waals surface area contributed by atoms with E-state index in [-0.39, 0.29) is 44.8 Å². The summed E-state index contributed by atoms with van der Waals surface area (Å²) in [5, 5.41) is 0. The van der Waals surface area contributed by atoms with E-state index < -0.39 is 6.09 Å². The maximum atomic E-state index is 12.7. The van der Waals surface area contributed by atoms with E-state index in [1.54, 1.807) is 0 Å². The maximum absolute atomic E-state index is 12.7. The minimum atomic E-state index is -0.499. The van der Waals surface area contributed by atoms with Crippen molar-refractivity contribution in [1.29, 1.82) is 0 Å². The molecule has 0 aliphatic heterocycles. The standard InChI is InChI=1S/C45H80N2O6/c1-5-7-9-11-13-15-17-19-21-23-25-27-29-31-33-35-43(48)51-41-38-47(45(50)53-40-37-46(3)4)39-42-52-44(49)36-34-32-30-28-26-24-22-20-18-16-14-12-10-8-6-2/h13-16,19-22H,5-12,17-18,23-42H2,1-4H3/b15-13-,16-14-,21-19-,22-20-. The first kappa shape index (κ1) is 50.1. The van der Waals surface area contributed by atoms with Crippen LogP contribution in [0.3, 0.4) is 0 Å². The molecule has 0 radical (unpaired) electrons. The van der Waals surface area contributed by atoms with Gasteiger partial charge >= 0.3 is 18.0 Å². The summed E-state index contributed by atoms with van der Waals surface area (Å²) < 4.78 is 16.2. The molecule has 0 unspecified atom stereocenters. The third-order valence-electron chi connectivity index (χ3n) is 8.93. The predicted molar refractivity (Wildman–Crippen MR) is 222 cm³/mol. The third-order valence-corrected chi connectivity index (χ3v) is 8.93. The minimum absolute atomic E-state index is 0.0851. The number of hydrogen-bond acceptors (Lipinski definition) is 7. The summed E-state index contributed by atoms with van der Waals surface area (Å²) in [5.41, 5.74) is 0. The Morgan fingerprint density at radius 3 is 1.19 bits per heavy atom. The molecule has 0 rings (SSSR count). The highest BCUT2D eigenvalue weighted by Crippen LogP contribution is 2.11. The Bertz CT molecular complexity index is 910. The zero-order valence-electron chi connectivity index (χ0n) is 34.7. The van der Waals surface area contributed by atoms with Gasteiger partial charge in [-0.3, -0.25) is 9.59 Å². The summed E-state index contributed by atoms with van der Waals surface area (Å²) in [6.07, 6.45) is 43.3. The van der Waals surface area contributed by atoms with Gasteiger partial charge in [0.1, 0.15) is 19.8 Å². The number of esters is 2. The van der Waals surface area contributed by atoms with Gasteiger partial charge in [0.2, 0.25) is 0 Å². The van der Waals surface area contributed by atoms with E-state index in [1.165, 1.54) is 69.1 Å². The lowest BCUT2D eigenvalue weighted by Crippen LogP contribution is -2.38. The number of likely N-dealkylation sites (N-methyl/N-ethyl adjacent to an activating group) is 1. The topological polar surface area (TPSA) is 85.4 Å². The van der Waals surface area contributed by atoms with Gasteiger partial charge in [0.15, 0.2) is 0 Å². The Morgan fingerprint density at radius 2 is 0.792 bits per heavy atom. The fourth-order valence-corrected chi connectivity index (χ4v) is 5.55. The van der Waals surface area contributed by atoms with Gasteiger partial charge in [-0.2, -0.15) is 0 Å². The van der Waals surface area contributed by atoms with Crippen LogP contribution in [0.15, 0.2) is 48.6 Å². The smallest absolute Gasteiger partial charge is 0.410 e. The highest BCUT2D eigenvalue weighted by molar-refractivity contribution is 5.70. The molecule has 0 atom stereocenters. The van der Waals surface area contributed by atoms with Crippen LogP contribution in [0, 0.1) is 0 Å². The molecule has 0 spiro atoms. The normalized spacial score (nSPS) is 11.9. The number of nitrogens with zero attached hydrogens (tertiary/aromatic N) is 2. The van der Waals surface area contributed by atoms with E-state index in [4.69, 9.17) is 14.2 Å². The number of hydrogen-bond donors (Lipinski definition) is 0. The van der Waals surface area contributed by atoms with Crippen molar-refractivity contribution in [2.24, 2.45) is 0 Å². The molecule has 0 N–H and O–H groups in total. The molecule has 0 aliphatic carbocycles. The van der Waals surface area contributed by atoms with Crippen molar-refractivity contribution in [3.05, 3.63) is 48.6 Å². The van der Waals surface area contributed by atoms with Gasteiger partial charge in [-0.1, -0.05) is 127 Å². The van der Waals surface area contributed by atoms with Crippen molar-refractivity contribution in [2.45, 2.75) is 168 Å². The number of carbonyl (C=O) groups is 3. The molecule has 306 valence electrons. The molecule has 0 aromatic heterocycles.